The monoisotopic (exact) mass is 317 g/mol. The fourth-order valence-electron chi connectivity index (χ4n) is 2.81. The van der Waals surface area contributed by atoms with E-state index in [9.17, 15) is 9.59 Å². The molecule has 0 spiro atoms. The van der Waals surface area contributed by atoms with Gasteiger partial charge in [0.25, 0.3) is 5.91 Å². The highest BCUT2D eigenvalue weighted by Gasteiger charge is 2.25. The molecule has 2 aromatic rings. The third-order valence-corrected chi connectivity index (χ3v) is 4.07. The molecule has 122 valence electrons. The van der Waals surface area contributed by atoms with Gasteiger partial charge in [-0.05, 0) is 31.9 Å². The average Bonchev–Trinajstić information content (AvgIpc) is 3.08. The number of carbonyl (C=O) groups is 1. The van der Waals surface area contributed by atoms with Crippen molar-refractivity contribution >= 4 is 16.9 Å². The molecule has 0 aliphatic carbocycles. The molecule has 1 fully saturated rings. The Morgan fingerprint density at radius 1 is 1.43 bits per heavy atom. The molecular formula is C17H19NO5. The van der Waals surface area contributed by atoms with E-state index in [0.717, 1.165) is 12.8 Å². The minimum atomic E-state index is -0.681. The Hall–Kier alpha value is -2.34. The maximum Gasteiger partial charge on any atom is 0.349 e. The van der Waals surface area contributed by atoms with Crippen molar-refractivity contribution in [3.63, 3.8) is 0 Å². The maximum atomic E-state index is 12.4. The van der Waals surface area contributed by atoms with Crippen molar-refractivity contribution in [2.75, 3.05) is 13.7 Å². The zero-order valence-corrected chi connectivity index (χ0v) is 13.1. The van der Waals surface area contributed by atoms with Gasteiger partial charge in [-0.15, -0.1) is 0 Å². The van der Waals surface area contributed by atoms with Gasteiger partial charge in [-0.3, -0.25) is 4.79 Å². The van der Waals surface area contributed by atoms with Crippen molar-refractivity contribution in [2.24, 2.45) is 0 Å². The van der Waals surface area contributed by atoms with Crippen molar-refractivity contribution in [2.45, 2.75) is 31.9 Å². The number of carbonyl (C=O) groups excluding carboxylic acids is 1. The van der Waals surface area contributed by atoms with Crippen LogP contribution >= 0.6 is 0 Å². The van der Waals surface area contributed by atoms with Crippen molar-refractivity contribution in [3.8, 4) is 5.75 Å². The van der Waals surface area contributed by atoms with E-state index in [1.54, 1.807) is 18.2 Å². The third-order valence-electron chi connectivity index (χ3n) is 4.07. The molecule has 1 aliphatic rings. The van der Waals surface area contributed by atoms with Crippen molar-refractivity contribution in [1.82, 2.24) is 5.32 Å². The molecule has 1 aliphatic heterocycles. The number of benzene rings is 1. The van der Waals surface area contributed by atoms with Gasteiger partial charge in [0.2, 0.25) is 0 Å². The summed E-state index contributed by atoms with van der Waals surface area (Å²) in [5.41, 5.74) is -0.363. The van der Waals surface area contributed by atoms with Crippen LogP contribution in [0.2, 0.25) is 0 Å². The lowest BCUT2D eigenvalue weighted by atomic mass is 10.1. The summed E-state index contributed by atoms with van der Waals surface area (Å²) in [6.45, 7) is 2.59. The Kier molecular flexibility index (Phi) is 4.34. The second-order valence-electron chi connectivity index (χ2n) is 5.64. The summed E-state index contributed by atoms with van der Waals surface area (Å²) < 4.78 is 16.0. The summed E-state index contributed by atoms with van der Waals surface area (Å²) in [6.07, 6.45) is 1.89. The number of ether oxygens (including phenoxy) is 2. The van der Waals surface area contributed by atoms with Gasteiger partial charge in [0.1, 0.15) is 5.56 Å². The van der Waals surface area contributed by atoms with Crippen molar-refractivity contribution in [1.29, 1.82) is 0 Å². The lowest BCUT2D eigenvalue weighted by Crippen LogP contribution is -2.42. The Morgan fingerprint density at radius 2 is 2.26 bits per heavy atom. The van der Waals surface area contributed by atoms with E-state index in [1.165, 1.54) is 13.2 Å². The van der Waals surface area contributed by atoms with E-state index in [1.807, 2.05) is 6.92 Å². The van der Waals surface area contributed by atoms with Crippen LogP contribution in [0.5, 0.6) is 5.75 Å². The molecule has 2 atom stereocenters. The zero-order valence-electron chi connectivity index (χ0n) is 13.1. The van der Waals surface area contributed by atoms with Crippen LogP contribution in [0.4, 0.5) is 0 Å². The largest absolute Gasteiger partial charge is 0.493 e. The van der Waals surface area contributed by atoms with Crippen LogP contribution in [0, 0.1) is 0 Å². The molecule has 23 heavy (non-hydrogen) atoms. The van der Waals surface area contributed by atoms with Gasteiger partial charge in [-0.1, -0.05) is 12.1 Å². The maximum absolute atomic E-state index is 12.4. The van der Waals surface area contributed by atoms with E-state index < -0.39 is 11.5 Å². The highest BCUT2D eigenvalue weighted by atomic mass is 16.5. The van der Waals surface area contributed by atoms with Gasteiger partial charge < -0.3 is 19.2 Å². The average molecular weight is 317 g/mol. The molecule has 0 bridgehead atoms. The number of hydrogen-bond donors (Lipinski definition) is 1. The molecule has 1 aromatic heterocycles. The number of rotatable bonds is 4. The van der Waals surface area contributed by atoms with E-state index in [-0.39, 0.29) is 17.7 Å². The first-order valence-corrected chi connectivity index (χ1v) is 7.63. The zero-order chi connectivity index (χ0) is 16.4. The molecule has 0 unspecified atom stereocenters. The molecule has 3 rings (SSSR count). The molecule has 1 N–H and O–H groups in total. The lowest BCUT2D eigenvalue weighted by Gasteiger charge is -2.19. The number of fused-ring (bicyclic) bond motifs is 1. The first-order valence-electron chi connectivity index (χ1n) is 7.63. The molecular weight excluding hydrogens is 298 g/mol. The molecule has 1 aromatic carbocycles. The Labute approximate surface area is 133 Å². The van der Waals surface area contributed by atoms with Crippen molar-refractivity contribution in [3.05, 3.63) is 40.2 Å². The smallest absolute Gasteiger partial charge is 0.349 e. The first-order chi connectivity index (χ1) is 11.1. The van der Waals surface area contributed by atoms with Crippen LogP contribution in [-0.2, 0) is 4.74 Å². The summed E-state index contributed by atoms with van der Waals surface area (Å²) in [6, 6.07) is 6.61. The molecule has 0 radical (unpaired) electrons. The second kappa shape index (κ2) is 6.42. The van der Waals surface area contributed by atoms with Crippen LogP contribution in [0.1, 0.15) is 30.1 Å². The number of hydrogen-bond acceptors (Lipinski definition) is 5. The predicted octanol–water partition coefficient (Wildman–Crippen LogP) is 2.10. The molecule has 6 heteroatoms. The summed E-state index contributed by atoms with van der Waals surface area (Å²) in [5.74, 6) is 0.00533. The normalized spacial score (nSPS) is 18.8. The highest BCUT2D eigenvalue weighted by Crippen LogP contribution is 2.24. The van der Waals surface area contributed by atoms with Crippen LogP contribution in [0.25, 0.3) is 11.0 Å². The molecule has 6 nitrogen and oxygen atoms in total. The molecule has 0 saturated carbocycles. The Balaban J connectivity index is 1.88. The minimum absolute atomic E-state index is 0.00783. The van der Waals surface area contributed by atoms with E-state index in [0.29, 0.717) is 23.3 Å². The molecule has 1 amide bonds. The fraction of sp³-hybridized carbons (Fsp3) is 0.412. The first kappa shape index (κ1) is 15.6. The third kappa shape index (κ3) is 3.07. The van der Waals surface area contributed by atoms with Crippen LogP contribution in [-0.4, -0.2) is 31.8 Å². The topological polar surface area (TPSA) is 77.8 Å². The second-order valence-corrected chi connectivity index (χ2v) is 5.64. The summed E-state index contributed by atoms with van der Waals surface area (Å²) in [5, 5.41) is 3.45. The molecule has 1 saturated heterocycles. The van der Waals surface area contributed by atoms with Gasteiger partial charge in [-0.2, -0.15) is 0 Å². The van der Waals surface area contributed by atoms with Gasteiger partial charge in [0.15, 0.2) is 11.3 Å². The van der Waals surface area contributed by atoms with Gasteiger partial charge >= 0.3 is 5.63 Å². The van der Waals surface area contributed by atoms with Crippen molar-refractivity contribution < 1.29 is 18.7 Å². The fourth-order valence-corrected chi connectivity index (χ4v) is 2.81. The quantitative estimate of drug-likeness (QED) is 0.874. The summed E-state index contributed by atoms with van der Waals surface area (Å²) in [4.78, 5) is 24.5. The Morgan fingerprint density at radius 3 is 2.96 bits per heavy atom. The predicted molar refractivity (Wildman–Crippen MR) is 84.9 cm³/mol. The minimum Gasteiger partial charge on any atom is -0.493 e. The number of methoxy groups -OCH3 is 1. The highest BCUT2D eigenvalue weighted by molar-refractivity contribution is 5.97. The number of amides is 1. The standard InChI is InChI=1S/C17H19NO5/c1-10(13-7-4-8-22-13)18-16(19)12-9-11-5-3-6-14(21-2)15(11)23-17(12)20/h3,5-6,9-10,13H,4,7-8H2,1-2H3,(H,18,19)/t10-,13+/m1/s1. The molecule has 2 heterocycles. The lowest BCUT2D eigenvalue weighted by molar-refractivity contribution is 0.0710. The van der Waals surface area contributed by atoms with Gasteiger partial charge in [0, 0.05) is 12.0 Å². The van der Waals surface area contributed by atoms with Gasteiger partial charge in [0.05, 0.1) is 19.3 Å². The Bertz CT molecular complexity index is 776. The number of nitrogens with one attached hydrogen (secondary N) is 1. The van der Waals surface area contributed by atoms with Crippen LogP contribution in [0.3, 0.4) is 0 Å². The number of para-hydroxylation sites is 1. The SMILES string of the molecule is COc1cccc2cc(C(=O)N[C@H](C)[C@@H]3CCCO3)c(=O)oc12. The summed E-state index contributed by atoms with van der Waals surface area (Å²) >= 11 is 0. The van der Waals surface area contributed by atoms with Gasteiger partial charge in [-0.25, -0.2) is 4.79 Å². The van der Waals surface area contributed by atoms with Crippen LogP contribution < -0.4 is 15.7 Å². The van der Waals surface area contributed by atoms with E-state index in [4.69, 9.17) is 13.9 Å². The summed E-state index contributed by atoms with van der Waals surface area (Å²) in [7, 11) is 1.50. The van der Waals surface area contributed by atoms with Crippen LogP contribution in [0.15, 0.2) is 33.5 Å². The van der Waals surface area contributed by atoms with E-state index in [2.05, 4.69) is 5.32 Å². The van der Waals surface area contributed by atoms with E-state index >= 15 is 0 Å².